The Kier molecular flexibility index (Phi) is 9.46. The molecule has 162 valence electrons. The zero-order chi connectivity index (χ0) is 22.3. The van der Waals surface area contributed by atoms with Crippen LogP contribution in [-0.2, 0) is 16.1 Å². The number of nitrogens with zero attached hydrogens (tertiary/aromatic N) is 1. The molecule has 30 heavy (non-hydrogen) atoms. The minimum atomic E-state index is -0.672. The number of ether oxygens (including phenoxy) is 1. The van der Waals surface area contributed by atoms with Gasteiger partial charge in [-0.2, -0.15) is 0 Å². The van der Waals surface area contributed by atoms with E-state index >= 15 is 0 Å². The zero-order valence-electron chi connectivity index (χ0n) is 17.1. The van der Waals surface area contributed by atoms with Crippen LogP contribution >= 0.6 is 39.1 Å². The highest BCUT2D eigenvalue weighted by Crippen LogP contribution is 2.27. The second-order valence-electron chi connectivity index (χ2n) is 7.01. The summed E-state index contributed by atoms with van der Waals surface area (Å²) in [6.07, 6.45) is 0.802. The van der Waals surface area contributed by atoms with Crippen LogP contribution in [0.4, 0.5) is 0 Å². The Morgan fingerprint density at radius 1 is 1.17 bits per heavy atom. The molecule has 2 aromatic rings. The van der Waals surface area contributed by atoms with E-state index in [9.17, 15) is 9.59 Å². The molecule has 0 fully saturated rings. The number of carbonyl (C=O) groups excluding carboxylic acids is 2. The fourth-order valence-electron chi connectivity index (χ4n) is 2.69. The van der Waals surface area contributed by atoms with Gasteiger partial charge >= 0.3 is 0 Å². The number of halogens is 3. The van der Waals surface area contributed by atoms with Gasteiger partial charge in [-0.15, -0.1) is 0 Å². The predicted molar refractivity (Wildman–Crippen MR) is 124 cm³/mol. The topological polar surface area (TPSA) is 58.6 Å². The SMILES string of the molecule is CC[C@H](C)NC(=O)[C@@H](C)N(Cc1cccc(Br)c1)C(=O)COc1ccc(Cl)cc1Cl. The van der Waals surface area contributed by atoms with Gasteiger partial charge < -0.3 is 15.0 Å². The van der Waals surface area contributed by atoms with Crippen LogP contribution in [0.5, 0.6) is 5.75 Å². The van der Waals surface area contributed by atoms with Crippen molar-refractivity contribution in [3.63, 3.8) is 0 Å². The molecule has 0 radical (unpaired) electrons. The molecule has 0 saturated carbocycles. The standard InChI is InChI=1S/C22H25BrCl2N2O3/c1-4-14(2)26-22(29)15(3)27(12-16-6-5-7-17(23)10-16)21(28)13-30-20-9-8-18(24)11-19(20)25/h5-11,14-15H,4,12-13H2,1-3H3,(H,26,29)/t14-,15+/m0/s1. The van der Waals surface area contributed by atoms with Crippen molar-refractivity contribution in [2.75, 3.05) is 6.61 Å². The summed E-state index contributed by atoms with van der Waals surface area (Å²) in [5.74, 6) is -0.182. The average Bonchev–Trinajstić information content (AvgIpc) is 2.70. The van der Waals surface area contributed by atoms with E-state index in [1.54, 1.807) is 25.1 Å². The van der Waals surface area contributed by atoms with Gasteiger partial charge in [-0.3, -0.25) is 9.59 Å². The third-order valence-corrected chi connectivity index (χ3v) is 5.68. The summed E-state index contributed by atoms with van der Waals surface area (Å²) in [5, 5.41) is 3.73. The van der Waals surface area contributed by atoms with Crippen LogP contribution in [0.15, 0.2) is 46.9 Å². The molecule has 8 heteroatoms. The minimum Gasteiger partial charge on any atom is -0.482 e. The van der Waals surface area contributed by atoms with Crippen molar-refractivity contribution < 1.29 is 14.3 Å². The molecule has 0 aromatic heterocycles. The summed E-state index contributed by atoms with van der Waals surface area (Å²) in [7, 11) is 0. The van der Waals surface area contributed by atoms with Crippen molar-refractivity contribution in [3.8, 4) is 5.75 Å². The summed E-state index contributed by atoms with van der Waals surface area (Å²) in [6.45, 7) is 5.64. The minimum absolute atomic E-state index is 0.0203. The lowest BCUT2D eigenvalue weighted by Gasteiger charge is -2.29. The van der Waals surface area contributed by atoms with Gasteiger partial charge in [0.05, 0.1) is 5.02 Å². The molecule has 0 spiro atoms. The Hall–Kier alpha value is -1.76. The zero-order valence-corrected chi connectivity index (χ0v) is 20.2. The summed E-state index contributed by atoms with van der Waals surface area (Å²) in [6, 6.07) is 11.7. The second-order valence-corrected chi connectivity index (χ2v) is 8.77. The molecule has 2 aromatic carbocycles. The molecule has 0 aliphatic rings. The highest BCUT2D eigenvalue weighted by atomic mass is 79.9. The number of hydrogen-bond acceptors (Lipinski definition) is 3. The van der Waals surface area contributed by atoms with E-state index in [0.717, 1.165) is 16.5 Å². The van der Waals surface area contributed by atoms with Gasteiger partial charge in [0.1, 0.15) is 11.8 Å². The van der Waals surface area contributed by atoms with Crippen LogP contribution in [0, 0.1) is 0 Å². The van der Waals surface area contributed by atoms with Crippen molar-refractivity contribution >= 4 is 50.9 Å². The summed E-state index contributed by atoms with van der Waals surface area (Å²) < 4.78 is 6.50. The molecule has 0 aliphatic heterocycles. The van der Waals surface area contributed by atoms with Gasteiger partial charge in [0.2, 0.25) is 5.91 Å². The Labute approximate surface area is 195 Å². The Morgan fingerprint density at radius 3 is 2.53 bits per heavy atom. The molecule has 1 N–H and O–H groups in total. The largest absolute Gasteiger partial charge is 0.482 e. The van der Waals surface area contributed by atoms with E-state index < -0.39 is 6.04 Å². The highest BCUT2D eigenvalue weighted by Gasteiger charge is 2.27. The van der Waals surface area contributed by atoms with Crippen LogP contribution in [-0.4, -0.2) is 35.4 Å². The molecule has 2 atom stereocenters. The molecular formula is C22H25BrCl2N2O3. The van der Waals surface area contributed by atoms with Gasteiger partial charge in [0, 0.05) is 22.1 Å². The molecular weight excluding hydrogens is 491 g/mol. The highest BCUT2D eigenvalue weighted by molar-refractivity contribution is 9.10. The van der Waals surface area contributed by atoms with Crippen molar-refractivity contribution in [3.05, 3.63) is 62.5 Å². The van der Waals surface area contributed by atoms with Gasteiger partial charge in [0.15, 0.2) is 6.61 Å². The second kappa shape index (κ2) is 11.6. The lowest BCUT2D eigenvalue weighted by Crippen LogP contribution is -2.50. The quantitative estimate of drug-likeness (QED) is 0.482. The van der Waals surface area contributed by atoms with E-state index in [1.807, 2.05) is 38.1 Å². The Morgan fingerprint density at radius 2 is 1.90 bits per heavy atom. The maximum absolute atomic E-state index is 13.0. The molecule has 0 unspecified atom stereocenters. The number of amides is 2. The predicted octanol–water partition coefficient (Wildman–Crippen LogP) is 5.47. The molecule has 0 bridgehead atoms. The lowest BCUT2D eigenvalue weighted by molar-refractivity contribution is -0.142. The molecule has 0 aliphatic carbocycles. The molecule has 2 amide bonds. The van der Waals surface area contributed by atoms with Crippen molar-refractivity contribution in [1.82, 2.24) is 10.2 Å². The van der Waals surface area contributed by atoms with Gasteiger partial charge in [-0.05, 0) is 56.2 Å². The fraction of sp³-hybridized carbons (Fsp3) is 0.364. The van der Waals surface area contributed by atoms with Crippen LogP contribution in [0.2, 0.25) is 10.0 Å². The van der Waals surface area contributed by atoms with Crippen molar-refractivity contribution in [2.24, 2.45) is 0 Å². The van der Waals surface area contributed by atoms with Gasteiger partial charge in [-0.1, -0.05) is 58.2 Å². The van der Waals surface area contributed by atoms with Gasteiger partial charge in [0.25, 0.3) is 5.91 Å². The molecule has 0 saturated heterocycles. The lowest BCUT2D eigenvalue weighted by atomic mass is 10.1. The number of rotatable bonds is 9. The van der Waals surface area contributed by atoms with Crippen molar-refractivity contribution in [2.45, 2.75) is 45.8 Å². The summed E-state index contributed by atoms with van der Waals surface area (Å²) in [4.78, 5) is 27.2. The normalized spacial score (nSPS) is 12.7. The number of benzene rings is 2. The Balaban J connectivity index is 2.18. The maximum atomic E-state index is 13.0. The van der Waals surface area contributed by atoms with Crippen LogP contribution < -0.4 is 10.1 Å². The average molecular weight is 516 g/mol. The van der Waals surface area contributed by atoms with E-state index in [-0.39, 0.29) is 31.0 Å². The maximum Gasteiger partial charge on any atom is 0.261 e. The Bertz CT molecular complexity index is 894. The molecule has 2 rings (SSSR count). The van der Waals surface area contributed by atoms with E-state index in [2.05, 4.69) is 21.2 Å². The van der Waals surface area contributed by atoms with E-state index in [4.69, 9.17) is 27.9 Å². The number of carbonyl (C=O) groups is 2. The third-order valence-electron chi connectivity index (χ3n) is 4.66. The van der Waals surface area contributed by atoms with E-state index in [0.29, 0.717) is 15.8 Å². The van der Waals surface area contributed by atoms with Crippen LogP contribution in [0.3, 0.4) is 0 Å². The monoisotopic (exact) mass is 514 g/mol. The number of nitrogens with one attached hydrogen (secondary N) is 1. The van der Waals surface area contributed by atoms with E-state index in [1.165, 1.54) is 4.90 Å². The first-order chi connectivity index (χ1) is 14.2. The summed E-state index contributed by atoms with van der Waals surface area (Å²) >= 11 is 15.5. The van der Waals surface area contributed by atoms with Crippen LogP contribution in [0.1, 0.15) is 32.8 Å². The molecule has 5 nitrogen and oxygen atoms in total. The fourth-order valence-corrected chi connectivity index (χ4v) is 3.60. The first-order valence-electron chi connectivity index (χ1n) is 9.63. The summed E-state index contributed by atoms with van der Waals surface area (Å²) in [5.41, 5.74) is 0.894. The smallest absolute Gasteiger partial charge is 0.261 e. The van der Waals surface area contributed by atoms with Crippen molar-refractivity contribution in [1.29, 1.82) is 0 Å². The van der Waals surface area contributed by atoms with Crippen LogP contribution in [0.25, 0.3) is 0 Å². The first-order valence-corrected chi connectivity index (χ1v) is 11.2. The first kappa shape index (κ1) is 24.5. The third kappa shape index (κ3) is 7.18. The van der Waals surface area contributed by atoms with Gasteiger partial charge in [-0.25, -0.2) is 0 Å². The molecule has 0 heterocycles. The number of hydrogen-bond donors (Lipinski definition) is 1.